The van der Waals surface area contributed by atoms with E-state index in [0.717, 1.165) is 24.0 Å². The summed E-state index contributed by atoms with van der Waals surface area (Å²) in [6, 6.07) is 16.5. The van der Waals surface area contributed by atoms with Gasteiger partial charge in [-0.05, 0) is 31.0 Å². The van der Waals surface area contributed by atoms with E-state index in [-0.39, 0.29) is 17.7 Å². The van der Waals surface area contributed by atoms with Gasteiger partial charge in [-0.3, -0.25) is 4.79 Å². The van der Waals surface area contributed by atoms with E-state index < -0.39 is 0 Å². The number of Topliss-reactive ketones (excluding diaryl/α,β-unsaturated/α-hetero) is 1. The Hall–Kier alpha value is -2.42. The molecule has 2 aromatic rings. The van der Waals surface area contributed by atoms with E-state index in [1.54, 1.807) is 19.1 Å². The van der Waals surface area contributed by atoms with E-state index in [1.807, 2.05) is 42.5 Å². The number of hydrogen-bond acceptors (Lipinski definition) is 3. The van der Waals surface area contributed by atoms with Crippen molar-refractivity contribution in [3.8, 4) is 0 Å². The van der Waals surface area contributed by atoms with Crippen LogP contribution in [0.1, 0.15) is 58.9 Å². The predicted molar refractivity (Wildman–Crippen MR) is 90.8 cm³/mol. The molecule has 0 N–H and O–H groups in total. The molecule has 0 bridgehead atoms. The second kappa shape index (κ2) is 8.28. The van der Waals surface area contributed by atoms with Crippen molar-refractivity contribution in [3.05, 3.63) is 71.3 Å². The lowest BCUT2D eigenvalue weighted by Gasteiger charge is -2.16. The molecule has 0 aromatic heterocycles. The predicted octanol–water partition coefficient (Wildman–Crippen LogP) is 4.63. The first-order valence-corrected chi connectivity index (χ1v) is 8.03. The van der Waals surface area contributed by atoms with Gasteiger partial charge in [-0.1, -0.05) is 55.8 Å². The van der Waals surface area contributed by atoms with Crippen LogP contribution in [0.2, 0.25) is 0 Å². The molecule has 2 aromatic carbocycles. The largest absolute Gasteiger partial charge is 0.462 e. The molecule has 0 saturated heterocycles. The Morgan fingerprint density at radius 1 is 0.913 bits per heavy atom. The zero-order valence-electron chi connectivity index (χ0n) is 13.6. The summed E-state index contributed by atoms with van der Waals surface area (Å²) in [5.74, 6) is -0.393. The highest BCUT2D eigenvalue weighted by Crippen LogP contribution is 2.26. The van der Waals surface area contributed by atoms with Gasteiger partial charge in [-0.25, -0.2) is 4.79 Å². The van der Waals surface area contributed by atoms with Crippen LogP contribution in [0.3, 0.4) is 0 Å². The average Bonchev–Trinajstić information content (AvgIpc) is 2.60. The molecule has 120 valence electrons. The minimum atomic E-state index is -0.333. The molecule has 0 spiro atoms. The minimum absolute atomic E-state index is 0.122. The van der Waals surface area contributed by atoms with Gasteiger partial charge < -0.3 is 4.74 Å². The highest BCUT2D eigenvalue weighted by Gasteiger charge is 2.21. The van der Waals surface area contributed by atoms with Crippen molar-refractivity contribution in [2.24, 2.45) is 0 Å². The molecule has 0 aliphatic heterocycles. The highest BCUT2D eigenvalue weighted by molar-refractivity contribution is 6.01. The Labute approximate surface area is 137 Å². The van der Waals surface area contributed by atoms with Crippen LogP contribution in [0.5, 0.6) is 0 Å². The summed E-state index contributed by atoms with van der Waals surface area (Å²) < 4.78 is 4.99. The number of carbonyl (C=O) groups excluding carboxylic acids is 2. The van der Waals surface area contributed by atoms with Gasteiger partial charge in [0, 0.05) is 11.5 Å². The second-order valence-electron chi connectivity index (χ2n) is 5.41. The molecule has 0 aliphatic carbocycles. The van der Waals surface area contributed by atoms with E-state index in [4.69, 9.17) is 4.74 Å². The molecular formula is C20H22O3. The lowest BCUT2D eigenvalue weighted by atomic mass is 9.87. The van der Waals surface area contributed by atoms with Crippen LogP contribution in [0, 0.1) is 0 Å². The first-order chi connectivity index (χ1) is 11.2. The van der Waals surface area contributed by atoms with Crippen molar-refractivity contribution in [1.82, 2.24) is 0 Å². The molecule has 2 rings (SSSR count). The molecule has 0 saturated carbocycles. The minimum Gasteiger partial charge on any atom is -0.462 e. The summed E-state index contributed by atoms with van der Waals surface area (Å²) in [5.41, 5.74) is 2.17. The van der Waals surface area contributed by atoms with Crippen LogP contribution in [-0.4, -0.2) is 18.4 Å². The first kappa shape index (κ1) is 16.9. The Morgan fingerprint density at radius 2 is 1.57 bits per heavy atom. The van der Waals surface area contributed by atoms with Gasteiger partial charge in [0.15, 0.2) is 5.78 Å². The maximum absolute atomic E-state index is 12.8. The quantitative estimate of drug-likeness (QED) is 0.553. The van der Waals surface area contributed by atoms with Gasteiger partial charge in [-0.2, -0.15) is 0 Å². The summed E-state index contributed by atoms with van der Waals surface area (Å²) in [6.45, 7) is 4.20. The zero-order valence-corrected chi connectivity index (χ0v) is 13.6. The average molecular weight is 310 g/mol. The molecule has 3 nitrogen and oxygen atoms in total. The SMILES string of the molecule is CCCC(C(=O)c1ccccc1)c1ccc(C(=O)OCC)cc1. The van der Waals surface area contributed by atoms with Crippen molar-refractivity contribution in [2.45, 2.75) is 32.6 Å². The summed E-state index contributed by atoms with van der Waals surface area (Å²) >= 11 is 0. The van der Waals surface area contributed by atoms with Crippen LogP contribution >= 0.6 is 0 Å². The van der Waals surface area contributed by atoms with Crippen LogP contribution in [0.15, 0.2) is 54.6 Å². The number of carbonyl (C=O) groups is 2. The molecule has 0 heterocycles. The number of hydrogen-bond donors (Lipinski definition) is 0. The maximum Gasteiger partial charge on any atom is 0.338 e. The monoisotopic (exact) mass is 310 g/mol. The second-order valence-corrected chi connectivity index (χ2v) is 5.41. The van der Waals surface area contributed by atoms with Gasteiger partial charge in [0.05, 0.1) is 12.2 Å². The Balaban J connectivity index is 2.24. The van der Waals surface area contributed by atoms with Crippen LogP contribution < -0.4 is 0 Å². The number of benzene rings is 2. The third kappa shape index (κ3) is 4.28. The molecule has 1 unspecified atom stereocenters. The maximum atomic E-state index is 12.8. The van der Waals surface area contributed by atoms with Crippen molar-refractivity contribution < 1.29 is 14.3 Å². The summed E-state index contributed by atoms with van der Waals surface area (Å²) in [4.78, 5) is 24.5. The summed E-state index contributed by atoms with van der Waals surface area (Å²) in [7, 11) is 0. The van der Waals surface area contributed by atoms with E-state index >= 15 is 0 Å². The first-order valence-electron chi connectivity index (χ1n) is 8.03. The molecule has 0 aliphatic rings. The van der Waals surface area contributed by atoms with Gasteiger partial charge in [0.2, 0.25) is 0 Å². The third-order valence-electron chi connectivity index (χ3n) is 3.78. The fraction of sp³-hybridized carbons (Fsp3) is 0.300. The standard InChI is InChI=1S/C20H22O3/c1-3-8-18(19(21)16-9-6-5-7-10-16)15-11-13-17(14-12-15)20(22)23-4-2/h5-7,9-14,18H,3-4,8H2,1-2H3. The fourth-order valence-electron chi connectivity index (χ4n) is 2.61. The van der Waals surface area contributed by atoms with E-state index in [2.05, 4.69) is 6.92 Å². The topological polar surface area (TPSA) is 43.4 Å². The normalized spacial score (nSPS) is 11.7. The zero-order chi connectivity index (χ0) is 16.7. The van der Waals surface area contributed by atoms with Gasteiger partial charge >= 0.3 is 5.97 Å². The third-order valence-corrected chi connectivity index (χ3v) is 3.78. The molecule has 0 amide bonds. The number of ether oxygens (including phenoxy) is 1. The Bertz CT molecular complexity index is 644. The molecule has 3 heteroatoms. The molecule has 0 fully saturated rings. The van der Waals surface area contributed by atoms with Gasteiger partial charge in [0.25, 0.3) is 0 Å². The van der Waals surface area contributed by atoms with Crippen LogP contribution in [0.4, 0.5) is 0 Å². The highest BCUT2D eigenvalue weighted by atomic mass is 16.5. The fourth-order valence-corrected chi connectivity index (χ4v) is 2.61. The number of esters is 1. The lowest BCUT2D eigenvalue weighted by Crippen LogP contribution is -2.13. The molecule has 1 atom stereocenters. The molecule has 0 radical (unpaired) electrons. The van der Waals surface area contributed by atoms with E-state index in [0.29, 0.717) is 12.2 Å². The molecule has 23 heavy (non-hydrogen) atoms. The van der Waals surface area contributed by atoms with Gasteiger partial charge in [0.1, 0.15) is 0 Å². The summed E-state index contributed by atoms with van der Waals surface area (Å²) in [5, 5.41) is 0. The van der Waals surface area contributed by atoms with Crippen molar-refractivity contribution in [1.29, 1.82) is 0 Å². The van der Waals surface area contributed by atoms with Crippen LogP contribution in [-0.2, 0) is 4.74 Å². The number of ketones is 1. The van der Waals surface area contributed by atoms with Gasteiger partial charge in [-0.15, -0.1) is 0 Å². The Morgan fingerprint density at radius 3 is 2.13 bits per heavy atom. The van der Waals surface area contributed by atoms with Crippen molar-refractivity contribution in [2.75, 3.05) is 6.61 Å². The van der Waals surface area contributed by atoms with E-state index in [9.17, 15) is 9.59 Å². The number of rotatable bonds is 7. The van der Waals surface area contributed by atoms with Crippen molar-refractivity contribution in [3.63, 3.8) is 0 Å². The van der Waals surface area contributed by atoms with E-state index in [1.165, 1.54) is 0 Å². The van der Waals surface area contributed by atoms with Crippen molar-refractivity contribution >= 4 is 11.8 Å². The molecular weight excluding hydrogens is 288 g/mol. The summed E-state index contributed by atoms with van der Waals surface area (Å²) in [6.07, 6.45) is 1.70. The smallest absolute Gasteiger partial charge is 0.338 e. The lowest BCUT2D eigenvalue weighted by molar-refractivity contribution is 0.0526. The van der Waals surface area contributed by atoms with Crippen LogP contribution in [0.25, 0.3) is 0 Å². The Kier molecular flexibility index (Phi) is 6.10.